The number of rotatable bonds is 0. The molecule has 14 heavy (non-hydrogen) atoms. The van der Waals surface area contributed by atoms with Gasteiger partial charge in [-0.25, -0.2) is 0 Å². The Morgan fingerprint density at radius 3 is 2.57 bits per heavy atom. The highest BCUT2D eigenvalue weighted by Gasteiger charge is 2.22. The van der Waals surface area contributed by atoms with Crippen molar-refractivity contribution in [3.8, 4) is 5.75 Å². The van der Waals surface area contributed by atoms with Crippen LogP contribution in [0.5, 0.6) is 5.75 Å². The van der Waals surface area contributed by atoms with Crippen LogP contribution >= 0.6 is 0 Å². The molecule has 0 amide bonds. The van der Waals surface area contributed by atoms with Crippen LogP contribution in [0.4, 0.5) is 0 Å². The van der Waals surface area contributed by atoms with E-state index < -0.39 is 0 Å². The van der Waals surface area contributed by atoms with Gasteiger partial charge in [-0.15, -0.1) is 0 Å². The van der Waals surface area contributed by atoms with Crippen molar-refractivity contribution in [3.63, 3.8) is 0 Å². The Bertz CT molecular complexity index is 402. The number of allylic oxidation sites excluding steroid dienone is 2. The van der Waals surface area contributed by atoms with Gasteiger partial charge in [0.1, 0.15) is 11.5 Å². The smallest absolute Gasteiger partial charge is 0.130 e. The molecule has 0 aliphatic carbocycles. The fraction of sp³-hybridized carbons (Fsp3) is 0.385. The first-order valence-electron chi connectivity index (χ1n) is 5.06. The maximum absolute atomic E-state index is 5.77. The molecule has 0 spiro atoms. The van der Waals surface area contributed by atoms with Gasteiger partial charge in [-0.2, -0.15) is 0 Å². The van der Waals surface area contributed by atoms with E-state index in [9.17, 15) is 0 Å². The molecule has 0 radical (unpaired) electrons. The average Bonchev–Trinajstić information content (AvgIpc) is 2.14. The van der Waals surface area contributed by atoms with E-state index >= 15 is 0 Å². The summed E-state index contributed by atoms with van der Waals surface area (Å²) in [6.07, 6.45) is 0. The van der Waals surface area contributed by atoms with Crippen LogP contribution in [0.1, 0.15) is 37.8 Å². The second-order valence-corrected chi connectivity index (χ2v) is 4.05. The number of aryl methyl sites for hydroxylation is 1. The summed E-state index contributed by atoms with van der Waals surface area (Å²) >= 11 is 0. The molecule has 1 unspecified atom stereocenters. The van der Waals surface area contributed by atoms with Crippen LogP contribution in [-0.4, -0.2) is 0 Å². The van der Waals surface area contributed by atoms with Crippen LogP contribution in [0.15, 0.2) is 29.5 Å². The van der Waals surface area contributed by atoms with E-state index in [-0.39, 0.29) is 0 Å². The van der Waals surface area contributed by atoms with Gasteiger partial charge in [0.25, 0.3) is 0 Å². The van der Waals surface area contributed by atoms with E-state index in [4.69, 9.17) is 4.74 Å². The summed E-state index contributed by atoms with van der Waals surface area (Å²) < 4.78 is 5.77. The zero-order valence-electron chi connectivity index (χ0n) is 9.22. The molecule has 1 aromatic rings. The number of hydrogen-bond donors (Lipinski definition) is 0. The molecule has 0 N–H and O–H groups in total. The molecule has 1 aliphatic heterocycles. The van der Waals surface area contributed by atoms with Crippen molar-refractivity contribution in [1.82, 2.24) is 0 Å². The monoisotopic (exact) mass is 188 g/mol. The number of ether oxygens (including phenoxy) is 1. The summed E-state index contributed by atoms with van der Waals surface area (Å²) in [7, 11) is 0. The van der Waals surface area contributed by atoms with E-state index in [1.165, 1.54) is 16.7 Å². The first-order chi connectivity index (χ1) is 6.61. The van der Waals surface area contributed by atoms with E-state index in [2.05, 4.69) is 39.0 Å². The van der Waals surface area contributed by atoms with Crippen LogP contribution in [-0.2, 0) is 0 Å². The molecule has 74 valence electrons. The van der Waals surface area contributed by atoms with Crippen molar-refractivity contribution in [3.05, 3.63) is 40.7 Å². The van der Waals surface area contributed by atoms with Crippen LogP contribution in [0.2, 0.25) is 0 Å². The third kappa shape index (κ3) is 1.24. The number of fused-ring (bicyclic) bond motifs is 1. The van der Waals surface area contributed by atoms with Crippen LogP contribution < -0.4 is 4.74 Å². The predicted octanol–water partition coefficient (Wildman–Crippen LogP) is 3.78. The van der Waals surface area contributed by atoms with Crippen molar-refractivity contribution in [2.24, 2.45) is 0 Å². The minimum absolute atomic E-state index is 0.486. The Labute approximate surface area is 85.4 Å². The van der Waals surface area contributed by atoms with Gasteiger partial charge in [0, 0.05) is 11.5 Å². The zero-order chi connectivity index (χ0) is 10.3. The maximum Gasteiger partial charge on any atom is 0.130 e. The Morgan fingerprint density at radius 2 is 1.86 bits per heavy atom. The van der Waals surface area contributed by atoms with Crippen molar-refractivity contribution in [2.45, 2.75) is 33.6 Å². The molecular formula is C13H16O. The predicted molar refractivity (Wildman–Crippen MR) is 58.6 cm³/mol. The van der Waals surface area contributed by atoms with E-state index in [0.717, 1.165) is 11.5 Å². The van der Waals surface area contributed by atoms with Gasteiger partial charge in [-0.3, -0.25) is 0 Å². The third-order valence-corrected chi connectivity index (χ3v) is 3.19. The fourth-order valence-corrected chi connectivity index (χ4v) is 2.06. The van der Waals surface area contributed by atoms with Crippen molar-refractivity contribution in [2.75, 3.05) is 0 Å². The van der Waals surface area contributed by atoms with Crippen LogP contribution in [0.3, 0.4) is 0 Å². The quantitative estimate of drug-likeness (QED) is 0.602. The molecule has 1 aliphatic rings. The minimum atomic E-state index is 0.486. The van der Waals surface area contributed by atoms with Gasteiger partial charge in [0.15, 0.2) is 0 Å². The normalized spacial score (nSPS) is 20.4. The largest absolute Gasteiger partial charge is 0.462 e. The highest BCUT2D eigenvalue weighted by Crippen LogP contribution is 2.40. The second-order valence-electron chi connectivity index (χ2n) is 4.05. The summed E-state index contributed by atoms with van der Waals surface area (Å²) in [6, 6.07) is 6.25. The molecular weight excluding hydrogens is 172 g/mol. The lowest BCUT2D eigenvalue weighted by Gasteiger charge is -2.26. The topological polar surface area (TPSA) is 9.23 Å². The Morgan fingerprint density at radius 1 is 1.14 bits per heavy atom. The first kappa shape index (κ1) is 9.32. The van der Waals surface area contributed by atoms with E-state index in [1.807, 2.05) is 6.92 Å². The maximum atomic E-state index is 5.77. The lowest BCUT2D eigenvalue weighted by molar-refractivity contribution is 0.394. The highest BCUT2D eigenvalue weighted by atomic mass is 16.5. The van der Waals surface area contributed by atoms with Gasteiger partial charge >= 0.3 is 0 Å². The van der Waals surface area contributed by atoms with Gasteiger partial charge in [-0.1, -0.05) is 19.1 Å². The molecule has 0 aromatic heterocycles. The standard InChI is InChI=1S/C13H16O/c1-8-6-5-7-12-13(8)10(3)9(2)11(4)14-12/h5-7,10H,1-4H3. The molecule has 0 saturated heterocycles. The SMILES string of the molecule is CC1=C(C)C(C)c2c(C)cccc2O1. The van der Waals surface area contributed by atoms with E-state index in [1.54, 1.807) is 0 Å². The summed E-state index contributed by atoms with van der Waals surface area (Å²) in [5, 5.41) is 0. The molecule has 0 bridgehead atoms. The Balaban J connectivity index is 2.59. The number of benzene rings is 1. The molecule has 2 rings (SSSR count). The Hall–Kier alpha value is -1.24. The van der Waals surface area contributed by atoms with E-state index in [0.29, 0.717) is 5.92 Å². The zero-order valence-corrected chi connectivity index (χ0v) is 9.22. The lowest BCUT2D eigenvalue weighted by Crippen LogP contribution is -2.11. The second kappa shape index (κ2) is 3.16. The summed E-state index contributed by atoms with van der Waals surface area (Å²) in [4.78, 5) is 0. The molecule has 0 saturated carbocycles. The fourth-order valence-electron chi connectivity index (χ4n) is 2.06. The molecule has 1 heteroatoms. The first-order valence-corrected chi connectivity index (χ1v) is 5.06. The number of hydrogen-bond acceptors (Lipinski definition) is 1. The van der Waals surface area contributed by atoms with Crippen molar-refractivity contribution < 1.29 is 4.74 Å². The van der Waals surface area contributed by atoms with Crippen LogP contribution in [0, 0.1) is 6.92 Å². The lowest BCUT2D eigenvalue weighted by atomic mass is 9.87. The molecule has 1 aromatic carbocycles. The summed E-state index contributed by atoms with van der Waals surface area (Å²) in [5.41, 5.74) is 4.00. The molecule has 0 fully saturated rings. The van der Waals surface area contributed by atoms with Crippen LogP contribution in [0.25, 0.3) is 0 Å². The summed E-state index contributed by atoms with van der Waals surface area (Å²) in [6.45, 7) is 8.58. The molecule has 1 heterocycles. The third-order valence-electron chi connectivity index (χ3n) is 3.19. The van der Waals surface area contributed by atoms with Crippen molar-refractivity contribution >= 4 is 0 Å². The van der Waals surface area contributed by atoms with Gasteiger partial charge in [-0.05, 0) is 38.0 Å². The Kier molecular flexibility index (Phi) is 2.10. The molecule has 1 atom stereocenters. The average molecular weight is 188 g/mol. The molecule has 1 nitrogen and oxygen atoms in total. The summed E-state index contributed by atoms with van der Waals surface area (Å²) in [5.74, 6) is 2.57. The van der Waals surface area contributed by atoms with Gasteiger partial charge in [0.2, 0.25) is 0 Å². The minimum Gasteiger partial charge on any atom is -0.462 e. The van der Waals surface area contributed by atoms with Gasteiger partial charge < -0.3 is 4.74 Å². The van der Waals surface area contributed by atoms with Gasteiger partial charge in [0.05, 0.1) is 0 Å². The van der Waals surface area contributed by atoms with Crippen molar-refractivity contribution in [1.29, 1.82) is 0 Å². The highest BCUT2D eigenvalue weighted by molar-refractivity contribution is 5.48.